The minimum atomic E-state index is -0.716. The van der Waals surface area contributed by atoms with Gasteiger partial charge in [-0.15, -0.1) is 0 Å². The Labute approximate surface area is 70.7 Å². The van der Waals surface area contributed by atoms with Gasteiger partial charge in [-0.3, -0.25) is 0 Å². The van der Waals surface area contributed by atoms with Gasteiger partial charge in [-0.2, -0.15) is 11.8 Å². The third-order valence-electron chi connectivity index (χ3n) is 1.93. The van der Waals surface area contributed by atoms with Crippen LogP contribution in [0.2, 0.25) is 0 Å². The summed E-state index contributed by atoms with van der Waals surface area (Å²) in [6, 6.07) is 0. The molecule has 1 aliphatic heterocycles. The Morgan fingerprint density at radius 1 is 1.36 bits per heavy atom. The summed E-state index contributed by atoms with van der Waals surface area (Å²) in [7, 11) is 0. The fourth-order valence-corrected chi connectivity index (χ4v) is 1.84. The van der Waals surface area contributed by atoms with Gasteiger partial charge >= 0.3 is 0 Å². The number of ether oxygens (including phenoxy) is 1. The molecule has 0 bridgehead atoms. The molecule has 0 amide bonds. The smallest absolute Gasteiger partial charge is 0.109 e. The van der Waals surface area contributed by atoms with Crippen molar-refractivity contribution in [3.05, 3.63) is 0 Å². The van der Waals surface area contributed by atoms with E-state index in [0.29, 0.717) is 0 Å². The predicted molar refractivity (Wildman–Crippen MR) is 44.7 cm³/mol. The minimum Gasteiger partial charge on any atom is -0.388 e. The molecule has 1 fully saturated rings. The van der Waals surface area contributed by atoms with Crippen LogP contribution in [0.15, 0.2) is 0 Å². The highest BCUT2D eigenvalue weighted by Gasteiger charge is 2.39. The highest BCUT2D eigenvalue weighted by molar-refractivity contribution is 7.98. The summed E-state index contributed by atoms with van der Waals surface area (Å²) < 4.78 is 5.31. The third kappa shape index (κ3) is 1.87. The Kier molecular flexibility index (Phi) is 3.18. The van der Waals surface area contributed by atoms with Crippen molar-refractivity contribution >= 4 is 11.8 Å². The molecule has 0 aliphatic carbocycles. The summed E-state index contributed by atoms with van der Waals surface area (Å²) in [6.07, 6.45) is 0.0904. The molecule has 3 nitrogen and oxygen atoms in total. The monoisotopic (exact) mass is 178 g/mol. The van der Waals surface area contributed by atoms with Gasteiger partial charge < -0.3 is 14.9 Å². The summed E-state index contributed by atoms with van der Waals surface area (Å²) >= 11 is 1.61. The highest BCUT2D eigenvalue weighted by Crippen LogP contribution is 2.22. The van der Waals surface area contributed by atoms with Crippen LogP contribution in [0.4, 0.5) is 0 Å². The van der Waals surface area contributed by atoms with E-state index in [1.54, 1.807) is 18.7 Å². The molecule has 1 saturated heterocycles. The average molecular weight is 178 g/mol. The van der Waals surface area contributed by atoms with Gasteiger partial charge in [0.15, 0.2) is 0 Å². The number of aliphatic hydroxyl groups excluding tert-OH is 2. The molecular weight excluding hydrogens is 164 g/mol. The van der Waals surface area contributed by atoms with Crippen LogP contribution in [0.3, 0.4) is 0 Å². The van der Waals surface area contributed by atoms with Crippen molar-refractivity contribution in [3.8, 4) is 0 Å². The molecule has 1 heterocycles. The first-order valence-corrected chi connectivity index (χ1v) is 5.06. The first-order valence-electron chi connectivity index (χ1n) is 3.67. The lowest BCUT2D eigenvalue weighted by Gasteiger charge is -2.12. The van der Waals surface area contributed by atoms with Crippen molar-refractivity contribution in [2.75, 3.05) is 12.0 Å². The van der Waals surface area contributed by atoms with Crippen LogP contribution >= 0.6 is 11.8 Å². The van der Waals surface area contributed by atoms with Crippen molar-refractivity contribution in [2.45, 2.75) is 31.3 Å². The van der Waals surface area contributed by atoms with Crippen LogP contribution in [-0.4, -0.2) is 46.6 Å². The Balaban J connectivity index is 2.45. The first-order chi connectivity index (χ1) is 5.16. The maximum atomic E-state index is 9.37. The Bertz CT molecular complexity index is 131. The summed E-state index contributed by atoms with van der Waals surface area (Å²) in [5.74, 6) is 0.739. The van der Waals surface area contributed by atoms with Crippen molar-refractivity contribution in [1.29, 1.82) is 0 Å². The van der Waals surface area contributed by atoms with Crippen molar-refractivity contribution in [1.82, 2.24) is 0 Å². The molecule has 0 spiro atoms. The lowest BCUT2D eigenvalue weighted by Crippen LogP contribution is -2.32. The molecule has 66 valence electrons. The molecule has 11 heavy (non-hydrogen) atoms. The second kappa shape index (κ2) is 3.76. The molecule has 4 unspecified atom stereocenters. The molecule has 0 saturated carbocycles. The zero-order chi connectivity index (χ0) is 8.43. The number of rotatable bonds is 2. The zero-order valence-electron chi connectivity index (χ0n) is 6.73. The molecule has 2 N–H and O–H groups in total. The van der Waals surface area contributed by atoms with Crippen LogP contribution in [0, 0.1) is 0 Å². The van der Waals surface area contributed by atoms with E-state index in [0.717, 1.165) is 5.75 Å². The van der Waals surface area contributed by atoms with Gasteiger partial charge in [0.05, 0.1) is 12.2 Å². The molecule has 0 aromatic rings. The van der Waals surface area contributed by atoms with Gasteiger partial charge in [0, 0.05) is 5.75 Å². The fraction of sp³-hybridized carbons (Fsp3) is 1.00. The van der Waals surface area contributed by atoms with Crippen molar-refractivity contribution in [2.24, 2.45) is 0 Å². The number of aliphatic hydroxyl groups is 2. The lowest BCUT2D eigenvalue weighted by atomic mass is 10.1. The van der Waals surface area contributed by atoms with Crippen LogP contribution in [0.25, 0.3) is 0 Å². The van der Waals surface area contributed by atoms with Gasteiger partial charge in [-0.05, 0) is 13.2 Å². The fourth-order valence-electron chi connectivity index (χ4n) is 1.24. The normalized spacial score (nSPS) is 44.7. The third-order valence-corrected chi connectivity index (χ3v) is 2.59. The number of hydrogen-bond donors (Lipinski definition) is 2. The van der Waals surface area contributed by atoms with E-state index in [4.69, 9.17) is 4.74 Å². The van der Waals surface area contributed by atoms with Crippen LogP contribution < -0.4 is 0 Å². The number of hydrogen-bond acceptors (Lipinski definition) is 4. The van der Waals surface area contributed by atoms with Gasteiger partial charge in [-0.1, -0.05) is 0 Å². The van der Waals surface area contributed by atoms with E-state index in [9.17, 15) is 10.2 Å². The average Bonchev–Trinajstić information content (AvgIpc) is 2.19. The topological polar surface area (TPSA) is 49.7 Å². The van der Waals surface area contributed by atoms with Gasteiger partial charge in [0.2, 0.25) is 0 Å². The molecule has 1 rings (SSSR count). The molecule has 0 aromatic heterocycles. The Morgan fingerprint density at radius 3 is 2.36 bits per heavy atom. The van der Waals surface area contributed by atoms with Gasteiger partial charge in [0.1, 0.15) is 12.2 Å². The van der Waals surface area contributed by atoms with E-state index < -0.39 is 12.2 Å². The predicted octanol–water partition coefficient (Wildman–Crippen LogP) is -0.142. The summed E-state index contributed by atoms with van der Waals surface area (Å²) in [4.78, 5) is 0. The molecule has 4 atom stereocenters. The first kappa shape index (κ1) is 9.32. The quantitative estimate of drug-likeness (QED) is 0.618. The summed E-state index contributed by atoms with van der Waals surface area (Å²) in [5.41, 5.74) is 0. The summed E-state index contributed by atoms with van der Waals surface area (Å²) in [6.45, 7) is 1.77. The maximum Gasteiger partial charge on any atom is 0.109 e. The van der Waals surface area contributed by atoms with Crippen LogP contribution in [0.1, 0.15) is 6.92 Å². The summed E-state index contributed by atoms with van der Waals surface area (Å²) in [5, 5.41) is 18.6. The maximum absolute atomic E-state index is 9.37. The second-order valence-electron chi connectivity index (χ2n) is 2.82. The van der Waals surface area contributed by atoms with E-state index in [1.165, 1.54) is 0 Å². The van der Waals surface area contributed by atoms with Crippen LogP contribution in [0.5, 0.6) is 0 Å². The van der Waals surface area contributed by atoms with Gasteiger partial charge in [-0.25, -0.2) is 0 Å². The molecular formula is C7H14O3S. The minimum absolute atomic E-state index is 0.199. The Morgan fingerprint density at radius 2 is 2.00 bits per heavy atom. The molecule has 1 aliphatic rings. The van der Waals surface area contributed by atoms with E-state index in [2.05, 4.69) is 0 Å². The highest BCUT2D eigenvalue weighted by atomic mass is 32.2. The molecule has 0 aromatic carbocycles. The van der Waals surface area contributed by atoms with E-state index in [1.807, 2.05) is 6.26 Å². The second-order valence-corrected chi connectivity index (χ2v) is 3.73. The standard InChI is InChI=1S/C7H14O3S/c1-4-6(8)7(9)5(10-4)3-11-2/h4-9H,3H2,1-2H3. The number of thioether (sulfide) groups is 1. The van der Waals surface area contributed by atoms with Crippen molar-refractivity contribution in [3.63, 3.8) is 0 Å². The molecule has 4 heteroatoms. The largest absolute Gasteiger partial charge is 0.388 e. The van der Waals surface area contributed by atoms with Crippen LogP contribution in [-0.2, 0) is 4.74 Å². The lowest BCUT2D eigenvalue weighted by molar-refractivity contribution is 0.0302. The van der Waals surface area contributed by atoms with Crippen molar-refractivity contribution < 1.29 is 14.9 Å². The molecule has 0 radical (unpaired) electrons. The van der Waals surface area contributed by atoms with Gasteiger partial charge in [0.25, 0.3) is 0 Å². The Hall–Kier alpha value is 0.230. The van der Waals surface area contributed by atoms with E-state index in [-0.39, 0.29) is 12.2 Å². The SMILES string of the molecule is CSCC1OC(C)C(O)C1O. The zero-order valence-corrected chi connectivity index (χ0v) is 7.54. The van der Waals surface area contributed by atoms with E-state index >= 15 is 0 Å².